The Bertz CT molecular complexity index is 1180. The molecule has 0 fully saturated rings. The molecule has 0 saturated carbocycles. The van der Waals surface area contributed by atoms with E-state index in [1.54, 1.807) is 24.3 Å². The highest BCUT2D eigenvalue weighted by Crippen LogP contribution is 2.26. The number of carbonyl (C=O) groups is 1. The first-order valence-electron chi connectivity index (χ1n) is 7.77. The van der Waals surface area contributed by atoms with E-state index in [1.165, 1.54) is 11.3 Å². The van der Waals surface area contributed by atoms with E-state index < -0.39 is 17.2 Å². The van der Waals surface area contributed by atoms with Crippen LogP contribution in [0.25, 0.3) is 15.9 Å². The Morgan fingerprint density at radius 2 is 1.89 bits per heavy atom. The predicted molar refractivity (Wildman–Crippen MR) is 107 cm³/mol. The van der Waals surface area contributed by atoms with Gasteiger partial charge in [-0.05, 0) is 36.4 Å². The lowest BCUT2D eigenvalue weighted by Crippen LogP contribution is -2.25. The van der Waals surface area contributed by atoms with Crippen LogP contribution in [0.2, 0.25) is 0 Å². The summed E-state index contributed by atoms with van der Waals surface area (Å²) >= 11 is 4.62. The number of thiazole rings is 1. The molecule has 2 aromatic carbocycles. The van der Waals surface area contributed by atoms with Gasteiger partial charge in [-0.2, -0.15) is 9.78 Å². The molecule has 134 valence electrons. The van der Waals surface area contributed by atoms with Gasteiger partial charge in [0.2, 0.25) is 0 Å². The van der Waals surface area contributed by atoms with Crippen LogP contribution >= 0.6 is 27.3 Å². The van der Waals surface area contributed by atoms with Crippen molar-refractivity contribution in [3.63, 3.8) is 0 Å². The number of nitrogens with zero attached hydrogens (tertiary/aromatic N) is 3. The number of hydrogen-bond acceptors (Lipinski definition) is 6. The highest BCUT2D eigenvalue weighted by molar-refractivity contribution is 9.10. The van der Waals surface area contributed by atoms with Crippen LogP contribution in [0.15, 0.2) is 63.9 Å². The topological polar surface area (TPSA) is 97.1 Å². The molecule has 2 heterocycles. The Labute approximate surface area is 165 Å². The normalized spacial score (nSPS) is 10.9. The van der Waals surface area contributed by atoms with Gasteiger partial charge < -0.3 is 5.11 Å². The van der Waals surface area contributed by atoms with E-state index in [2.05, 4.69) is 31.3 Å². The monoisotopic (exact) mass is 442 g/mol. The first-order valence-corrected chi connectivity index (χ1v) is 9.38. The Balaban J connectivity index is 1.69. The second-order valence-electron chi connectivity index (χ2n) is 5.55. The van der Waals surface area contributed by atoms with Crippen molar-refractivity contribution in [3.05, 3.63) is 75.1 Å². The van der Waals surface area contributed by atoms with Gasteiger partial charge in [0.1, 0.15) is 0 Å². The Kier molecular flexibility index (Phi) is 4.46. The van der Waals surface area contributed by atoms with Crippen molar-refractivity contribution in [1.29, 1.82) is 0 Å². The summed E-state index contributed by atoms with van der Waals surface area (Å²) < 4.78 is 2.82. The SMILES string of the molecule is O=C(Nc1nc2ccccc2s1)c1nn(-c2ccc(Br)cc2)c(=O)cc1O. The van der Waals surface area contributed by atoms with Gasteiger partial charge in [0.05, 0.1) is 15.9 Å². The molecule has 4 rings (SSSR count). The molecule has 0 unspecified atom stereocenters. The van der Waals surface area contributed by atoms with Crippen LogP contribution in [0, 0.1) is 0 Å². The quantitative estimate of drug-likeness (QED) is 0.505. The molecule has 0 aliphatic carbocycles. The lowest BCUT2D eigenvalue weighted by atomic mass is 10.3. The highest BCUT2D eigenvalue weighted by Gasteiger charge is 2.18. The molecule has 0 bridgehead atoms. The van der Waals surface area contributed by atoms with Crippen molar-refractivity contribution in [2.75, 3.05) is 5.32 Å². The Morgan fingerprint density at radius 3 is 2.63 bits per heavy atom. The fourth-order valence-electron chi connectivity index (χ4n) is 2.46. The van der Waals surface area contributed by atoms with Crippen LogP contribution in [0.1, 0.15) is 10.5 Å². The largest absolute Gasteiger partial charge is 0.505 e. The third-order valence-electron chi connectivity index (χ3n) is 3.71. The van der Waals surface area contributed by atoms with Crippen LogP contribution in [0.3, 0.4) is 0 Å². The first-order chi connectivity index (χ1) is 13.0. The standard InChI is InChI=1S/C18H11BrN4O3S/c19-10-5-7-11(8-6-10)23-15(25)9-13(24)16(22-23)17(26)21-18-20-12-3-1-2-4-14(12)27-18/h1-9,24H,(H,20,21,26). The zero-order chi connectivity index (χ0) is 19.0. The summed E-state index contributed by atoms with van der Waals surface area (Å²) in [6.07, 6.45) is 0. The number of fused-ring (bicyclic) bond motifs is 1. The molecule has 0 radical (unpaired) electrons. The number of para-hydroxylation sites is 1. The molecular formula is C18H11BrN4O3S. The van der Waals surface area contributed by atoms with E-state index in [0.29, 0.717) is 10.8 Å². The summed E-state index contributed by atoms with van der Waals surface area (Å²) in [6.45, 7) is 0. The predicted octanol–water partition coefficient (Wildman–Crippen LogP) is 3.56. The third kappa shape index (κ3) is 3.46. The van der Waals surface area contributed by atoms with Crippen LogP contribution in [0.5, 0.6) is 5.75 Å². The fraction of sp³-hybridized carbons (Fsp3) is 0. The van der Waals surface area contributed by atoms with Crippen LogP contribution in [0.4, 0.5) is 5.13 Å². The Hall–Kier alpha value is -3.04. The minimum absolute atomic E-state index is 0.267. The molecule has 0 spiro atoms. The lowest BCUT2D eigenvalue weighted by Gasteiger charge is -2.08. The second kappa shape index (κ2) is 6.93. The molecular weight excluding hydrogens is 432 g/mol. The summed E-state index contributed by atoms with van der Waals surface area (Å²) in [6, 6.07) is 15.3. The second-order valence-corrected chi connectivity index (χ2v) is 7.49. The van der Waals surface area contributed by atoms with E-state index in [9.17, 15) is 14.7 Å². The number of aromatic hydroxyl groups is 1. The number of hydrogen-bond donors (Lipinski definition) is 2. The fourth-order valence-corrected chi connectivity index (χ4v) is 3.58. The summed E-state index contributed by atoms with van der Waals surface area (Å²) in [7, 11) is 0. The number of benzene rings is 2. The van der Waals surface area contributed by atoms with Gasteiger partial charge in [0, 0.05) is 10.5 Å². The maximum absolute atomic E-state index is 12.6. The molecule has 27 heavy (non-hydrogen) atoms. The average Bonchev–Trinajstić information content (AvgIpc) is 3.05. The third-order valence-corrected chi connectivity index (χ3v) is 5.19. The van der Waals surface area contributed by atoms with E-state index in [1.807, 2.05) is 24.3 Å². The number of carbonyl (C=O) groups excluding carboxylic acids is 1. The van der Waals surface area contributed by atoms with Gasteiger partial charge in [-0.15, -0.1) is 0 Å². The average molecular weight is 443 g/mol. The van der Waals surface area contributed by atoms with Gasteiger partial charge in [-0.1, -0.05) is 39.4 Å². The molecule has 7 nitrogen and oxygen atoms in total. The van der Waals surface area contributed by atoms with Crippen molar-refractivity contribution in [2.24, 2.45) is 0 Å². The van der Waals surface area contributed by atoms with Crippen molar-refractivity contribution in [3.8, 4) is 11.4 Å². The van der Waals surface area contributed by atoms with Crippen molar-refractivity contribution >= 4 is 48.5 Å². The zero-order valence-electron chi connectivity index (χ0n) is 13.6. The van der Waals surface area contributed by atoms with Gasteiger partial charge in [0.15, 0.2) is 16.6 Å². The minimum atomic E-state index is -0.655. The molecule has 9 heteroatoms. The molecule has 0 atom stereocenters. The summed E-state index contributed by atoms with van der Waals surface area (Å²) in [4.78, 5) is 29.1. The summed E-state index contributed by atoms with van der Waals surface area (Å²) in [5, 5.41) is 17.1. The highest BCUT2D eigenvalue weighted by atomic mass is 79.9. The number of halogens is 1. The molecule has 0 saturated heterocycles. The smallest absolute Gasteiger partial charge is 0.281 e. The number of amides is 1. The Morgan fingerprint density at radius 1 is 1.15 bits per heavy atom. The molecule has 1 amide bonds. The number of nitrogens with one attached hydrogen (secondary N) is 1. The number of rotatable bonds is 3. The van der Waals surface area contributed by atoms with E-state index in [-0.39, 0.29) is 5.69 Å². The van der Waals surface area contributed by atoms with Gasteiger partial charge in [0.25, 0.3) is 11.5 Å². The molecule has 2 N–H and O–H groups in total. The van der Waals surface area contributed by atoms with Crippen LogP contribution in [-0.2, 0) is 0 Å². The van der Waals surface area contributed by atoms with Gasteiger partial charge in [-0.25, -0.2) is 4.98 Å². The molecule has 4 aromatic rings. The lowest BCUT2D eigenvalue weighted by molar-refractivity contribution is 0.101. The van der Waals surface area contributed by atoms with Crippen LogP contribution in [-0.4, -0.2) is 25.8 Å². The van der Waals surface area contributed by atoms with E-state index in [0.717, 1.165) is 25.4 Å². The van der Waals surface area contributed by atoms with Crippen molar-refractivity contribution < 1.29 is 9.90 Å². The number of aromatic nitrogens is 3. The van der Waals surface area contributed by atoms with E-state index >= 15 is 0 Å². The van der Waals surface area contributed by atoms with Gasteiger partial charge >= 0.3 is 0 Å². The van der Waals surface area contributed by atoms with Crippen molar-refractivity contribution in [2.45, 2.75) is 0 Å². The van der Waals surface area contributed by atoms with E-state index in [4.69, 9.17) is 0 Å². The number of anilines is 1. The van der Waals surface area contributed by atoms with Gasteiger partial charge in [-0.3, -0.25) is 14.9 Å². The minimum Gasteiger partial charge on any atom is -0.505 e. The molecule has 0 aliphatic heterocycles. The zero-order valence-corrected chi connectivity index (χ0v) is 16.0. The first kappa shape index (κ1) is 17.4. The summed E-state index contributed by atoms with van der Waals surface area (Å²) in [5.41, 5.74) is 0.412. The maximum atomic E-state index is 12.6. The van der Waals surface area contributed by atoms with Crippen LogP contribution < -0.4 is 10.9 Å². The maximum Gasteiger partial charge on any atom is 0.281 e. The van der Waals surface area contributed by atoms with Crippen molar-refractivity contribution in [1.82, 2.24) is 14.8 Å². The summed E-state index contributed by atoms with van der Waals surface area (Å²) in [5.74, 6) is -1.15. The molecule has 0 aliphatic rings. The molecule has 2 aromatic heterocycles.